The highest BCUT2D eigenvalue weighted by Gasteiger charge is 2.25. The molecule has 3 rings (SSSR count). The van der Waals surface area contributed by atoms with Gasteiger partial charge in [0, 0.05) is 6.42 Å². The van der Waals surface area contributed by atoms with Gasteiger partial charge in [0.15, 0.2) is 11.5 Å². The number of carbonyl (C=O) groups is 1. The van der Waals surface area contributed by atoms with Gasteiger partial charge in [-0.2, -0.15) is 0 Å². The van der Waals surface area contributed by atoms with Crippen LogP contribution >= 0.6 is 0 Å². The van der Waals surface area contributed by atoms with Crippen molar-refractivity contribution >= 4 is 5.91 Å². The van der Waals surface area contributed by atoms with Crippen LogP contribution in [0.5, 0.6) is 11.5 Å². The van der Waals surface area contributed by atoms with Crippen LogP contribution in [0.4, 0.5) is 0 Å². The highest BCUT2D eigenvalue weighted by Crippen LogP contribution is 2.39. The maximum Gasteiger partial charge on any atom is 0.220 e. The van der Waals surface area contributed by atoms with Gasteiger partial charge in [-0.15, -0.1) is 0 Å². The van der Waals surface area contributed by atoms with Gasteiger partial charge in [-0.1, -0.05) is 13.8 Å². The molecule has 1 aromatic rings. The predicted octanol–water partition coefficient (Wildman–Crippen LogP) is 3.00. The van der Waals surface area contributed by atoms with E-state index in [9.17, 15) is 4.79 Å². The van der Waals surface area contributed by atoms with Crippen molar-refractivity contribution in [3.05, 3.63) is 23.3 Å². The second-order valence-electron chi connectivity index (χ2n) is 6.30. The van der Waals surface area contributed by atoms with E-state index in [-0.39, 0.29) is 11.9 Å². The van der Waals surface area contributed by atoms with Crippen LogP contribution in [0.15, 0.2) is 12.1 Å². The standard InChI is InChI=1S/C17H23NO3/c1-11(2)8-17(19)18-14-5-3-4-12-9-15-16(10-13(12)14)21-7-6-20-15/h9-11,14H,3-8H2,1-2H3,(H,18,19). The van der Waals surface area contributed by atoms with Gasteiger partial charge in [0.1, 0.15) is 13.2 Å². The SMILES string of the molecule is CC(C)CC(=O)NC1CCCc2cc3c(cc21)OCCO3. The van der Waals surface area contributed by atoms with Crippen LogP contribution in [0.3, 0.4) is 0 Å². The second kappa shape index (κ2) is 5.96. The number of ether oxygens (including phenoxy) is 2. The molecule has 0 fully saturated rings. The smallest absolute Gasteiger partial charge is 0.220 e. The number of amides is 1. The van der Waals surface area contributed by atoms with Crippen molar-refractivity contribution in [3.63, 3.8) is 0 Å². The third-order valence-corrected chi connectivity index (χ3v) is 4.05. The number of benzene rings is 1. The van der Waals surface area contributed by atoms with Crippen molar-refractivity contribution in [1.82, 2.24) is 5.32 Å². The van der Waals surface area contributed by atoms with Gasteiger partial charge in [0.2, 0.25) is 5.91 Å². The zero-order valence-corrected chi connectivity index (χ0v) is 12.8. The third-order valence-electron chi connectivity index (χ3n) is 4.05. The first-order chi connectivity index (χ1) is 10.1. The number of carbonyl (C=O) groups excluding carboxylic acids is 1. The molecule has 114 valence electrons. The van der Waals surface area contributed by atoms with Crippen LogP contribution in [-0.2, 0) is 11.2 Å². The summed E-state index contributed by atoms with van der Waals surface area (Å²) in [7, 11) is 0. The van der Waals surface area contributed by atoms with Gasteiger partial charge in [-0.05, 0) is 48.4 Å². The lowest BCUT2D eigenvalue weighted by atomic mass is 9.87. The molecule has 1 heterocycles. The number of rotatable bonds is 3. The molecular weight excluding hydrogens is 266 g/mol. The molecule has 0 spiro atoms. The second-order valence-corrected chi connectivity index (χ2v) is 6.30. The Morgan fingerprint density at radius 1 is 1.29 bits per heavy atom. The summed E-state index contributed by atoms with van der Waals surface area (Å²) in [6.45, 7) is 5.34. The lowest BCUT2D eigenvalue weighted by Crippen LogP contribution is -2.31. The van der Waals surface area contributed by atoms with Crippen LogP contribution in [-0.4, -0.2) is 19.1 Å². The maximum absolute atomic E-state index is 12.1. The number of fused-ring (bicyclic) bond motifs is 2. The molecule has 1 N–H and O–H groups in total. The van der Waals surface area contributed by atoms with E-state index in [1.165, 1.54) is 11.1 Å². The van der Waals surface area contributed by atoms with Gasteiger partial charge in [0.05, 0.1) is 6.04 Å². The number of hydrogen-bond acceptors (Lipinski definition) is 3. The van der Waals surface area contributed by atoms with Gasteiger partial charge in [-0.3, -0.25) is 4.79 Å². The molecule has 0 saturated heterocycles. The Labute approximate surface area is 125 Å². The van der Waals surface area contributed by atoms with Crippen LogP contribution in [0.25, 0.3) is 0 Å². The van der Waals surface area contributed by atoms with Gasteiger partial charge in [-0.25, -0.2) is 0 Å². The Balaban J connectivity index is 1.82. The number of nitrogens with one attached hydrogen (secondary N) is 1. The highest BCUT2D eigenvalue weighted by molar-refractivity contribution is 5.76. The minimum atomic E-state index is 0.107. The Bertz CT molecular complexity index is 539. The summed E-state index contributed by atoms with van der Waals surface area (Å²) in [5, 5.41) is 3.18. The lowest BCUT2D eigenvalue weighted by Gasteiger charge is -2.29. The quantitative estimate of drug-likeness (QED) is 0.930. The molecule has 1 aliphatic carbocycles. The molecule has 21 heavy (non-hydrogen) atoms. The first kappa shape index (κ1) is 14.2. The third kappa shape index (κ3) is 3.14. The van der Waals surface area contributed by atoms with E-state index >= 15 is 0 Å². The van der Waals surface area contributed by atoms with Crippen molar-refractivity contribution in [2.75, 3.05) is 13.2 Å². The van der Waals surface area contributed by atoms with E-state index in [1.807, 2.05) is 0 Å². The minimum Gasteiger partial charge on any atom is -0.486 e. The normalized spacial score (nSPS) is 20.0. The molecule has 2 aliphatic rings. The van der Waals surface area contributed by atoms with E-state index in [1.54, 1.807) is 0 Å². The molecule has 1 unspecified atom stereocenters. The molecule has 4 nitrogen and oxygen atoms in total. The average Bonchev–Trinajstić information content (AvgIpc) is 2.45. The van der Waals surface area contributed by atoms with Crippen molar-refractivity contribution in [2.45, 2.75) is 45.6 Å². The van der Waals surface area contributed by atoms with Crippen LogP contribution in [0.1, 0.15) is 50.3 Å². The summed E-state index contributed by atoms with van der Waals surface area (Å²) in [6, 6.07) is 4.25. The number of hydrogen-bond donors (Lipinski definition) is 1. The summed E-state index contributed by atoms with van der Waals surface area (Å²) >= 11 is 0. The summed E-state index contributed by atoms with van der Waals surface area (Å²) in [4.78, 5) is 12.1. The molecule has 1 aliphatic heterocycles. The van der Waals surface area contributed by atoms with Crippen LogP contribution < -0.4 is 14.8 Å². The van der Waals surface area contributed by atoms with Gasteiger partial charge >= 0.3 is 0 Å². The summed E-state index contributed by atoms with van der Waals surface area (Å²) in [6.07, 6.45) is 3.72. The largest absolute Gasteiger partial charge is 0.486 e. The van der Waals surface area contributed by atoms with Crippen molar-refractivity contribution in [1.29, 1.82) is 0 Å². The zero-order chi connectivity index (χ0) is 14.8. The fourth-order valence-electron chi connectivity index (χ4n) is 3.11. The van der Waals surface area contributed by atoms with E-state index < -0.39 is 0 Å². The van der Waals surface area contributed by atoms with E-state index in [0.717, 1.165) is 30.8 Å². The van der Waals surface area contributed by atoms with Crippen molar-refractivity contribution in [2.24, 2.45) is 5.92 Å². The van der Waals surface area contributed by atoms with Crippen molar-refractivity contribution in [3.8, 4) is 11.5 Å². The molecule has 1 atom stereocenters. The Kier molecular flexibility index (Phi) is 4.04. The predicted molar refractivity (Wildman–Crippen MR) is 80.7 cm³/mol. The summed E-state index contributed by atoms with van der Waals surface area (Å²) in [5.41, 5.74) is 2.47. The Morgan fingerprint density at radius 2 is 2.00 bits per heavy atom. The molecule has 4 heteroatoms. The first-order valence-electron chi connectivity index (χ1n) is 7.85. The maximum atomic E-state index is 12.1. The lowest BCUT2D eigenvalue weighted by molar-refractivity contribution is -0.122. The molecule has 0 bridgehead atoms. The fraction of sp³-hybridized carbons (Fsp3) is 0.588. The molecule has 1 aromatic carbocycles. The highest BCUT2D eigenvalue weighted by atomic mass is 16.6. The molecule has 0 radical (unpaired) electrons. The van der Waals surface area contributed by atoms with E-state index in [4.69, 9.17) is 9.47 Å². The van der Waals surface area contributed by atoms with E-state index in [0.29, 0.717) is 25.6 Å². The minimum absolute atomic E-state index is 0.107. The Morgan fingerprint density at radius 3 is 2.71 bits per heavy atom. The topological polar surface area (TPSA) is 47.6 Å². The number of aryl methyl sites for hydroxylation is 1. The molecule has 0 saturated carbocycles. The summed E-state index contributed by atoms with van der Waals surface area (Å²) in [5.74, 6) is 2.17. The van der Waals surface area contributed by atoms with Crippen LogP contribution in [0, 0.1) is 5.92 Å². The zero-order valence-electron chi connectivity index (χ0n) is 12.8. The Hall–Kier alpha value is -1.71. The van der Waals surface area contributed by atoms with Crippen molar-refractivity contribution < 1.29 is 14.3 Å². The van der Waals surface area contributed by atoms with Gasteiger partial charge in [0.25, 0.3) is 0 Å². The fourth-order valence-corrected chi connectivity index (χ4v) is 3.11. The first-order valence-corrected chi connectivity index (χ1v) is 7.85. The molecule has 0 aromatic heterocycles. The van der Waals surface area contributed by atoms with Crippen LogP contribution in [0.2, 0.25) is 0 Å². The molecule has 1 amide bonds. The summed E-state index contributed by atoms with van der Waals surface area (Å²) < 4.78 is 11.3. The van der Waals surface area contributed by atoms with Gasteiger partial charge < -0.3 is 14.8 Å². The monoisotopic (exact) mass is 289 g/mol. The molecular formula is C17H23NO3. The van der Waals surface area contributed by atoms with E-state index in [2.05, 4.69) is 31.3 Å². The average molecular weight is 289 g/mol.